The normalized spacial score (nSPS) is 34.7. The summed E-state index contributed by atoms with van der Waals surface area (Å²) in [6, 6.07) is 5.49. The van der Waals surface area contributed by atoms with Gasteiger partial charge in [-0.05, 0) is 73.0 Å². The lowest BCUT2D eigenvalue weighted by molar-refractivity contribution is -0.129. The van der Waals surface area contributed by atoms with E-state index in [0.717, 1.165) is 55.1 Å². The van der Waals surface area contributed by atoms with E-state index in [1.54, 1.807) is 17.8 Å². The maximum absolute atomic E-state index is 14.4. The molecule has 6 heteroatoms. The van der Waals surface area contributed by atoms with E-state index in [4.69, 9.17) is 0 Å². The van der Waals surface area contributed by atoms with Crippen LogP contribution in [0.15, 0.2) is 23.2 Å². The number of benzene rings is 1. The van der Waals surface area contributed by atoms with Crippen LogP contribution in [-0.4, -0.2) is 29.2 Å². The number of halogens is 1. The zero-order valence-corrected chi connectivity index (χ0v) is 18.3. The molecule has 0 bridgehead atoms. The summed E-state index contributed by atoms with van der Waals surface area (Å²) < 4.78 is 14.4. The monoisotopic (exact) mass is 428 g/mol. The molecule has 0 spiro atoms. The molecule has 0 saturated heterocycles. The Morgan fingerprint density at radius 3 is 3.03 bits per heavy atom. The second-order valence-electron chi connectivity index (χ2n) is 9.61. The summed E-state index contributed by atoms with van der Waals surface area (Å²) in [7, 11) is 0. The molecule has 160 valence electrons. The van der Waals surface area contributed by atoms with Gasteiger partial charge in [-0.2, -0.15) is 0 Å². The number of fused-ring (bicyclic) bond motifs is 5. The lowest BCUT2D eigenvalue weighted by Crippen LogP contribution is -2.44. The van der Waals surface area contributed by atoms with Crippen LogP contribution in [-0.2, 0) is 16.0 Å². The molecule has 2 fully saturated rings. The molecule has 1 aromatic carbocycles. The first-order valence-corrected chi connectivity index (χ1v) is 12.2. The fourth-order valence-electron chi connectivity index (χ4n) is 6.81. The number of nitrogens with zero attached hydrogens (tertiary/aromatic N) is 1. The third kappa shape index (κ3) is 3.31. The van der Waals surface area contributed by atoms with Crippen molar-refractivity contribution in [2.45, 2.75) is 57.8 Å². The molecule has 0 radical (unpaired) electrons. The van der Waals surface area contributed by atoms with Crippen molar-refractivity contribution in [3.8, 4) is 0 Å². The van der Waals surface area contributed by atoms with Crippen molar-refractivity contribution in [3.05, 3.63) is 35.1 Å². The Morgan fingerprint density at radius 1 is 1.37 bits per heavy atom. The number of Topliss-reactive ketones (excluding diaryl/α,β-unsaturated/α-hetero) is 1. The summed E-state index contributed by atoms with van der Waals surface area (Å²) in [6.07, 6.45) is 5.31. The molecule has 3 unspecified atom stereocenters. The van der Waals surface area contributed by atoms with Crippen molar-refractivity contribution < 1.29 is 14.0 Å². The molecule has 4 nitrogen and oxygen atoms in total. The molecule has 5 rings (SSSR count). The lowest BCUT2D eigenvalue weighted by Gasteiger charge is -2.50. The largest absolute Gasteiger partial charge is 0.305 e. The molecule has 4 aliphatic rings. The molecule has 5 atom stereocenters. The van der Waals surface area contributed by atoms with Crippen LogP contribution in [0, 0.1) is 29.0 Å². The Labute approximate surface area is 181 Å². The highest BCUT2D eigenvalue weighted by Crippen LogP contribution is 2.62. The van der Waals surface area contributed by atoms with Crippen LogP contribution in [0.3, 0.4) is 0 Å². The third-order valence-electron chi connectivity index (χ3n) is 8.14. The summed E-state index contributed by atoms with van der Waals surface area (Å²) in [6.45, 7) is 2.92. The summed E-state index contributed by atoms with van der Waals surface area (Å²) in [5.41, 5.74) is 1.77. The Kier molecular flexibility index (Phi) is 5.24. The number of nitrogens with one attached hydrogen (secondary N) is 1. The molecule has 30 heavy (non-hydrogen) atoms. The third-order valence-corrected chi connectivity index (χ3v) is 9.03. The van der Waals surface area contributed by atoms with Crippen molar-refractivity contribution in [1.29, 1.82) is 0 Å². The Balaban J connectivity index is 1.34. The highest BCUT2D eigenvalue weighted by Gasteiger charge is 2.58. The molecule has 1 aromatic rings. The highest BCUT2D eigenvalue weighted by atomic mass is 32.2. The SMILES string of the molecule is C[C@]12CCC3c4cccc(F)c4CCC3C1[C@H](CCC(=O)NC1=NCCS1)CC2=O. The molecule has 1 amide bonds. The van der Waals surface area contributed by atoms with Gasteiger partial charge in [0.05, 0.1) is 6.54 Å². The van der Waals surface area contributed by atoms with Crippen LogP contribution >= 0.6 is 11.8 Å². The quantitative estimate of drug-likeness (QED) is 0.772. The predicted octanol–water partition coefficient (Wildman–Crippen LogP) is 4.48. The van der Waals surface area contributed by atoms with Gasteiger partial charge in [0, 0.05) is 24.0 Å². The van der Waals surface area contributed by atoms with E-state index in [9.17, 15) is 14.0 Å². The van der Waals surface area contributed by atoms with Gasteiger partial charge in [-0.3, -0.25) is 14.6 Å². The first kappa shape index (κ1) is 20.2. The number of amidine groups is 1. The van der Waals surface area contributed by atoms with Gasteiger partial charge in [0.1, 0.15) is 11.6 Å². The van der Waals surface area contributed by atoms with Crippen molar-refractivity contribution in [2.75, 3.05) is 12.3 Å². The van der Waals surface area contributed by atoms with Crippen LogP contribution in [0.2, 0.25) is 0 Å². The van der Waals surface area contributed by atoms with Crippen LogP contribution in [0.4, 0.5) is 4.39 Å². The smallest absolute Gasteiger partial charge is 0.225 e. The maximum Gasteiger partial charge on any atom is 0.225 e. The average Bonchev–Trinajstić information content (AvgIpc) is 3.32. The Hall–Kier alpha value is -1.69. The second-order valence-corrected chi connectivity index (χ2v) is 10.7. The number of hydrogen-bond donors (Lipinski definition) is 1. The highest BCUT2D eigenvalue weighted by molar-refractivity contribution is 8.14. The van der Waals surface area contributed by atoms with E-state index in [2.05, 4.69) is 23.3 Å². The molecule has 1 heterocycles. The van der Waals surface area contributed by atoms with E-state index in [1.807, 2.05) is 6.07 Å². The van der Waals surface area contributed by atoms with Crippen LogP contribution in [0.25, 0.3) is 0 Å². The maximum atomic E-state index is 14.4. The van der Waals surface area contributed by atoms with Crippen molar-refractivity contribution in [3.63, 3.8) is 0 Å². The summed E-state index contributed by atoms with van der Waals surface area (Å²) in [5, 5.41) is 3.65. The molecule has 2 saturated carbocycles. The van der Waals surface area contributed by atoms with E-state index < -0.39 is 0 Å². The minimum absolute atomic E-state index is 0.00706. The predicted molar refractivity (Wildman–Crippen MR) is 117 cm³/mol. The Morgan fingerprint density at radius 2 is 2.23 bits per heavy atom. The van der Waals surface area contributed by atoms with Crippen LogP contribution in [0.1, 0.15) is 62.5 Å². The zero-order valence-electron chi connectivity index (χ0n) is 17.5. The van der Waals surface area contributed by atoms with E-state index in [0.29, 0.717) is 36.4 Å². The average molecular weight is 429 g/mol. The minimum atomic E-state index is -0.279. The van der Waals surface area contributed by atoms with Gasteiger partial charge in [0.2, 0.25) is 5.91 Å². The van der Waals surface area contributed by atoms with Gasteiger partial charge in [-0.1, -0.05) is 30.8 Å². The summed E-state index contributed by atoms with van der Waals surface area (Å²) in [4.78, 5) is 29.8. The molecular weight excluding hydrogens is 399 g/mol. The van der Waals surface area contributed by atoms with Gasteiger partial charge in [-0.15, -0.1) is 0 Å². The van der Waals surface area contributed by atoms with Gasteiger partial charge in [0.15, 0.2) is 5.17 Å². The molecule has 3 aliphatic carbocycles. The van der Waals surface area contributed by atoms with Crippen molar-refractivity contribution in [2.24, 2.45) is 28.2 Å². The number of ketones is 1. The first-order valence-electron chi connectivity index (χ1n) is 11.2. The van der Waals surface area contributed by atoms with Crippen molar-refractivity contribution >= 4 is 28.6 Å². The molecule has 1 aliphatic heterocycles. The number of amides is 1. The van der Waals surface area contributed by atoms with Gasteiger partial charge in [-0.25, -0.2) is 4.39 Å². The molecular formula is C24H29FN2O2S. The number of carbonyl (C=O) groups excluding carboxylic acids is 2. The first-order chi connectivity index (χ1) is 14.5. The molecule has 0 aromatic heterocycles. The number of aliphatic imine (C=N–C) groups is 1. The second kappa shape index (κ2) is 7.77. The molecule has 1 N–H and O–H groups in total. The zero-order chi connectivity index (χ0) is 20.9. The van der Waals surface area contributed by atoms with Crippen LogP contribution in [0.5, 0.6) is 0 Å². The number of hydrogen-bond acceptors (Lipinski definition) is 4. The van der Waals surface area contributed by atoms with Gasteiger partial charge >= 0.3 is 0 Å². The summed E-state index contributed by atoms with van der Waals surface area (Å²) in [5.74, 6) is 2.52. The number of carbonyl (C=O) groups is 2. The van der Waals surface area contributed by atoms with Gasteiger partial charge < -0.3 is 5.32 Å². The van der Waals surface area contributed by atoms with Crippen molar-refractivity contribution in [1.82, 2.24) is 5.32 Å². The minimum Gasteiger partial charge on any atom is -0.305 e. The fraction of sp³-hybridized carbons (Fsp3) is 0.625. The van der Waals surface area contributed by atoms with E-state index >= 15 is 0 Å². The van der Waals surface area contributed by atoms with Crippen LogP contribution < -0.4 is 5.32 Å². The van der Waals surface area contributed by atoms with Gasteiger partial charge in [0.25, 0.3) is 0 Å². The number of thioether (sulfide) groups is 1. The summed E-state index contributed by atoms with van der Waals surface area (Å²) >= 11 is 1.59. The number of rotatable bonds is 3. The standard InChI is InChI=1S/C24H29FN2O2S/c1-24-10-9-16-15-3-2-4-19(25)17(15)6-7-18(16)22(24)14(13-20(24)28)5-8-21(29)27-23-26-11-12-30-23/h2-4,14,16,18,22H,5-13H2,1H3,(H,26,27,29)/t14-,16?,18?,22?,24-/m1/s1. The van der Waals surface area contributed by atoms with E-state index in [1.165, 1.54) is 5.56 Å². The fourth-order valence-corrected chi connectivity index (χ4v) is 7.55. The lowest BCUT2D eigenvalue weighted by atomic mass is 9.54. The Bertz CT molecular complexity index is 916. The topological polar surface area (TPSA) is 58.5 Å². The van der Waals surface area contributed by atoms with E-state index in [-0.39, 0.29) is 23.1 Å².